The lowest BCUT2D eigenvalue weighted by Gasteiger charge is -2.32. The Hall–Kier alpha value is -2.24. The van der Waals surface area contributed by atoms with Crippen LogP contribution in [0.1, 0.15) is 49.3 Å². The van der Waals surface area contributed by atoms with Crippen LogP contribution in [0.4, 0.5) is 4.39 Å². The molecule has 0 aromatic heterocycles. The highest BCUT2D eigenvalue weighted by Crippen LogP contribution is 2.21. The summed E-state index contributed by atoms with van der Waals surface area (Å²) in [7, 11) is 0. The summed E-state index contributed by atoms with van der Waals surface area (Å²) in [6.45, 7) is 8.40. The quantitative estimate of drug-likeness (QED) is 0.688. The minimum atomic E-state index is -0.168. The molecule has 2 fully saturated rings. The largest absolute Gasteiger partial charge is 0.352 e. The van der Waals surface area contributed by atoms with Gasteiger partial charge in [0.15, 0.2) is 0 Å². The first-order chi connectivity index (χ1) is 15.6. The second-order valence-electron chi connectivity index (χ2n) is 9.66. The summed E-state index contributed by atoms with van der Waals surface area (Å²) in [6.07, 6.45) is 4.43. The Morgan fingerprint density at radius 2 is 1.75 bits per heavy atom. The van der Waals surface area contributed by atoms with Gasteiger partial charge < -0.3 is 5.32 Å². The van der Waals surface area contributed by atoms with Gasteiger partial charge in [-0.3, -0.25) is 14.6 Å². The molecule has 2 aliphatic rings. The summed E-state index contributed by atoms with van der Waals surface area (Å²) in [5.41, 5.74) is 3.17. The second-order valence-corrected chi connectivity index (χ2v) is 9.66. The van der Waals surface area contributed by atoms with Gasteiger partial charge >= 0.3 is 0 Å². The molecule has 0 radical (unpaired) electrons. The first-order valence-electron chi connectivity index (χ1n) is 12.1. The molecule has 1 N–H and O–H groups in total. The number of hydrogen-bond acceptors (Lipinski definition) is 3. The maximum absolute atomic E-state index is 14.0. The highest BCUT2D eigenvalue weighted by atomic mass is 19.1. The van der Waals surface area contributed by atoms with Gasteiger partial charge in [-0.1, -0.05) is 49.4 Å². The number of halogens is 1. The van der Waals surface area contributed by atoms with Crippen molar-refractivity contribution < 1.29 is 9.18 Å². The van der Waals surface area contributed by atoms with E-state index < -0.39 is 0 Å². The number of nitrogens with one attached hydrogen (secondary N) is 1. The van der Waals surface area contributed by atoms with E-state index in [4.69, 9.17) is 0 Å². The van der Waals surface area contributed by atoms with Gasteiger partial charge in [0.05, 0.1) is 5.92 Å². The van der Waals surface area contributed by atoms with Crippen LogP contribution >= 0.6 is 0 Å². The van der Waals surface area contributed by atoms with Crippen molar-refractivity contribution >= 4 is 5.91 Å². The van der Waals surface area contributed by atoms with Gasteiger partial charge in [0.2, 0.25) is 5.91 Å². The highest BCUT2D eigenvalue weighted by Gasteiger charge is 2.26. The molecule has 1 amide bonds. The van der Waals surface area contributed by atoms with Crippen LogP contribution in [0.5, 0.6) is 0 Å². The van der Waals surface area contributed by atoms with E-state index in [0.29, 0.717) is 25.2 Å². The highest BCUT2D eigenvalue weighted by molar-refractivity contribution is 5.79. The molecule has 2 saturated heterocycles. The summed E-state index contributed by atoms with van der Waals surface area (Å²) in [4.78, 5) is 17.6. The third kappa shape index (κ3) is 6.39. The lowest BCUT2D eigenvalue weighted by atomic mass is 9.96. The maximum Gasteiger partial charge on any atom is 0.224 e. The first kappa shape index (κ1) is 22.9. The van der Waals surface area contributed by atoms with E-state index in [-0.39, 0.29) is 17.6 Å². The first-order valence-corrected chi connectivity index (χ1v) is 12.1. The Balaban J connectivity index is 1.26. The van der Waals surface area contributed by atoms with Crippen LogP contribution in [-0.2, 0) is 24.4 Å². The average molecular weight is 438 g/mol. The van der Waals surface area contributed by atoms with E-state index in [2.05, 4.69) is 46.3 Å². The van der Waals surface area contributed by atoms with Gasteiger partial charge in [0.1, 0.15) is 5.82 Å². The van der Waals surface area contributed by atoms with Gasteiger partial charge in [-0.2, -0.15) is 0 Å². The Morgan fingerprint density at radius 3 is 2.56 bits per heavy atom. The zero-order chi connectivity index (χ0) is 22.3. The normalized spacial score (nSPS) is 20.9. The van der Waals surface area contributed by atoms with Crippen molar-refractivity contribution in [2.75, 3.05) is 26.2 Å². The lowest BCUT2D eigenvalue weighted by molar-refractivity contribution is -0.126. The SMILES string of the molecule is CC1CCN(Cc2cccc(CNC(=O)C3CCCN(Cc4ccccc4F)C3)c2)CC1. The predicted octanol–water partition coefficient (Wildman–Crippen LogP) is 4.59. The number of hydrogen-bond donors (Lipinski definition) is 1. The summed E-state index contributed by atoms with van der Waals surface area (Å²) < 4.78 is 14.0. The number of rotatable bonds is 7. The number of amides is 1. The van der Waals surface area contributed by atoms with Gasteiger partial charge in [-0.25, -0.2) is 4.39 Å². The van der Waals surface area contributed by atoms with E-state index in [0.717, 1.165) is 37.4 Å². The Bertz CT molecular complexity index is 894. The van der Waals surface area contributed by atoms with E-state index in [1.807, 2.05) is 12.1 Å². The zero-order valence-electron chi connectivity index (χ0n) is 19.2. The van der Waals surface area contributed by atoms with E-state index >= 15 is 0 Å². The fourth-order valence-corrected chi connectivity index (χ4v) is 4.93. The van der Waals surface area contributed by atoms with Crippen molar-refractivity contribution in [3.63, 3.8) is 0 Å². The molecule has 2 aliphatic heterocycles. The molecule has 0 spiro atoms. The molecule has 4 nitrogen and oxygen atoms in total. The lowest BCUT2D eigenvalue weighted by Crippen LogP contribution is -2.42. The molecule has 5 heteroatoms. The van der Waals surface area contributed by atoms with Crippen molar-refractivity contribution in [2.24, 2.45) is 11.8 Å². The zero-order valence-corrected chi connectivity index (χ0v) is 19.2. The topological polar surface area (TPSA) is 35.6 Å². The molecular weight excluding hydrogens is 401 g/mol. The monoisotopic (exact) mass is 437 g/mol. The van der Waals surface area contributed by atoms with Gasteiger partial charge in [-0.15, -0.1) is 0 Å². The third-order valence-corrected chi connectivity index (χ3v) is 6.97. The molecule has 0 saturated carbocycles. The number of carbonyl (C=O) groups is 1. The number of nitrogens with zero attached hydrogens (tertiary/aromatic N) is 2. The van der Waals surface area contributed by atoms with Gasteiger partial charge in [-0.05, 0) is 68.4 Å². The van der Waals surface area contributed by atoms with Crippen LogP contribution in [0.15, 0.2) is 48.5 Å². The number of piperidine rings is 2. The van der Waals surface area contributed by atoms with Crippen molar-refractivity contribution in [3.8, 4) is 0 Å². The van der Waals surface area contributed by atoms with E-state index in [9.17, 15) is 9.18 Å². The standard InChI is InChI=1S/C27H36FN3O/c1-21-11-14-30(15-12-21)18-23-7-4-6-22(16-23)17-29-27(32)25-9-5-13-31(20-25)19-24-8-2-3-10-26(24)28/h2-4,6-8,10,16,21,25H,5,9,11-15,17-20H2,1H3,(H,29,32). The van der Waals surface area contributed by atoms with Crippen LogP contribution in [0.3, 0.4) is 0 Å². The summed E-state index contributed by atoms with van der Waals surface area (Å²) in [5.74, 6) is 0.751. The molecule has 1 unspecified atom stereocenters. The molecule has 4 rings (SSSR count). The number of carbonyl (C=O) groups excluding carboxylic acids is 1. The molecule has 2 aromatic carbocycles. The van der Waals surface area contributed by atoms with E-state index in [1.54, 1.807) is 6.07 Å². The fourth-order valence-electron chi connectivity index (χ4n) is 4.93. The van der Waals surface area contributed by atoms with Crippen molar-refractivity contribution in [1.29, 1.82) is 0 Å². The van der Waals surface area contributed by atoms with Gasteiger partial charge in [0, 0.05) is 31.7 Å². The molecule has 172 valence electrons. The molecule has 1 atom stereocenters. The molecule has 2 aromatic rings. The number of benzene rings is 2. The average Bonchev–Trinajstić information content (AvgIpc) is 2.81. The van der Waals surface area contributed by atoms with Crippen LogP contribution in [-0.4, -0.2) is 41.9 Å². The molecule has 2 heterocycles. The Kier molecular flexibility index (Phi) is 7.93. The summed E-state index contributed by atoms with van der Waals surface area (Å²) in [5, 5.41) is 3.15. The third-order valence-electron chi connectivity index (χ3n) is 6.97. The minimum Gasteiger partial charge on any atom is -0.352 e. The summed E-state index contributed by atoms with van der Waals surface area (Å²) >= 11 is 0. The fraction of sp³-hybridized carbons (Fsp3) is 0.519. The molecular formula is C27H36FN3O. The van der Waals surface area contributed by atoms with Crippen molar-refractivity contribution in [3.05, 3.63) is 71.0 Å². The van der Waals surface area contributed by atoms with Crippen LogP contribution in [0.2, 0.25) is 0 Å². The van der Waals surface area contributed by atoms with Crippen LogP contribution in [0, 0.1) is 17.7 Å². The Labute approximate surface area is 191 Å². The summed E-state index contributed by atoms with van der Waals surface area (Å²) in [6, 6.07) is 15.5. The van der Waals surface area contributed by atoms with Crippen LogP contribution < -0.4 is 5.32 Å². The molecule has 0 bridgehead atoms. The maximum atomic E-state index is 14.0. The molecule has 0 aliphatic carbocycles. The van der Waals surface area contributed by atoms with Crippen molar-refractivity contribution in [1.82, 2.24) is 15.1 Å². The second kappa shape index (κ2) is 11.1. The Morgan fingerprint density at radius 1 is 0.969 bits per heavy atom. The predicted molar refractivity (Wildman–Crippen MR) is 126 cm³/mol. The number of likely N-dealkylation sites (tertiary alicyclic amines) is 2. The minimum absolute atomic E-state index is 0.0333. The molecule has 32 heavy (non-hydrogen) atoms. The van der Waals surface area contributed by atoms with Crippen molar-refractivity contribution in [2.45, 2.75) is 52.2 Å². The van der Waals surface area contributed by atoms with Crippen LogP contribution in [0.25, 0.3) is 0 Å². The van der Waals surface area contributed by atoms with Gasteiger partial charge in [0.25, 0.3) is 0 Å². The van der Waals surface area contributed by atoms with E-state index in [1.165, 1.54) is 37.6 Å². The smallest absolute Gasteiger partial charge is 0.224 e.